The van der Waals surface area contributed by atoms with E-state index >= 15 is 0 Å². The minimum absolute atomic E-state index is 0.140. The Labute approximate surface area is 88.8 Å². The quantitative estimate of drug-likeness (QED) is 0.577. The fourth-order valence-corrected chi connectivity index (χ4v) is 1.32. The summed E-state index contributed by atoms with van der Waals surface area (Å²) >= 11 is 0. The van der Waals surface area contributed by atoms with Gasteiger partial charge in [-0.05, 0) is 12.3 Å². The zero-order chi connectivity index (χ0) is 12.0. The standard InChI is InChI=1S/C10H17NO4/c1-4-7(11-5-8(12)13)9(6(2)3)10(14)15/h6,11H,4-5H2,1-3H3,(H,12,13)(H,14,15). The van der Waals surface area contributed by atoms with Crippen LogP contribution >= 0.6 is 0 Å². The van der Waals surface area contributed by atoms with Gasteiger partial charge in [-0.2, -0.15) is 0 Å². The summed E-state index contributed by atoms with van der Waals surface area (Å²) in [6.07, 6.45) is 0.479. The first-order chi connectivity index (χ1) is 6.90. The molecular formula is C10H17NO4. The zero-order valence-electron chi connectivity index (χ0n) is 9.20. The first kappa shape index (κ1) is 13.5. The Morgan fingerprint density at radius 2 is 1.80 bits per heavy atom. The monoisotopic (exact) mass is 215 g/mol. The Hall–Kier alpha value is -1.52. The first-order valence-corrected chi connectivity index (χ1v) is 4.82. The molecule has 0 amide bonds. The molecule has 0 aliphatic heterocycles. The van der Waals surface area contributed by atoms with Gasteiger partial charge in [-0.25, -0.2) is 4.79 Å². The molecule has 0 aliphatic carbocycles. The summed E-state index contributed by atoms with van der Waals surface area (Å²) in [4.78, 5) is 21.3. The lowest BCUT2D eigenvalue weighted by Crippen LogP contribution is -2.26. The Kier molecular flexibility index (Phi) is 5.44. The number of hydrogen-bond acceptors (Lipinski definition) is 3. The molecule has 15 heavy (non-hydrogen) atoms. The Morgan fingerprint density at radius 3 is 2.07 bits per heavy atom. The highest BCUT2D eigenvalue weighted by molar-refractivity contribution is 5.88. The lowest BCUT2D eigenvalue weighted by atomic mass is 10.00. The predicted octanol–water partition coefficient (Wildman–Crippen LogP) is 1.07. The molecule has 5 heteroatoms. The van der Waals surface area contributed by atoms with E-state index in [0.29, 0.717) is 12.1 Å². The predicted molar refractivity (Wildman–Crippen MR) is 55.4 cm³/mol. The third-order valence-corrected chi connectivity index (χ3v) is 1.94. The Bertz CT molecular complexity index is 281. The van der Waals surface area contributed by atoms with Crippen molar-refractivity contribution < 1.29 is 19.8 Å². The van der Waals surface area contributed by atoms with Crippen molar-refractivity contribution in [2.24, 2.45) is 5.92 Å². The van der Waals surface area contributed by atoms with Gasteiger partial charge < -0.3 is 15.5 Å². The van der Waals surface area contributed by atoms with E-state index in [1.807, 2.05) is 0 Å². The van der Waals surface area contributed by atoms with Crippen molar-refractivity contribution in [1.29, 1.82) is 0 Å². The number of nitrogens with one attached hydrogen (secondary N) is 1. The number of aliphatic carboxylic acids is 2. The molecule has 0 saturated carbocycles. The van der Waals surface area contributed by atoms with Gasteiger partial charge >= 0.3 is 11.9 Å². The number of rotatable bonds is 6. The molecule has 0 rings (SSSR count). The maximum Gasteiger partial charge on any atom is 0.333 e. The van der Waals surface area contributed by atoms with Crippen molar-refractivity contribution in [3.63, 3.8) is 0 Å². The van der Waals surface area contributed by atoms with E-state index in [0.717, 1.165) is 0 Å². The Morgan fingerprint density at radius 1 is 1.27 bits per heavy atom. The summed E-state index contributed by atoms with van der Waals surface area (Å²) in [6, 6.07) is 0. The summed E-state index contributed by atoms with van der Waals surface area (Å²) in [5.41, 5.74) is 0.735. The van der Waals surface area contributed by atoms with Crippen LogP contribution in [0.3, 0.4) is 0 Å². The third kappa shape index (κ3) is 4.49. The summed E-state index contributed by atoms with van der Waals surface area (Å²) < 4.78 is 0. The van der Waals surface area contributed by atoms with Crippen LogP contribution in [0.15, 0.2) is 11.3 Å². The SMILES string of the molecule is CCC(NCC(=O)O)=C(C(=O)O)C(C)C. The van der Waals surface area contributed by atoms with Crippen LogP contribution in [-0.2, 0) is 9.59 Å². The van der Waals surface area contributed by atoms with Gasteiger partial charge in [0.1, 0.15) is 6.54 Å². The lowest BCUT2D eigenvalue weighted by Gasteiger charge is -2.14. The van der Waals surface area contributed by atoms with E-state index in [1.54, 1.807) is 20.8 Å². The van der Waals surface area contributed by atoms with E-state index in [-0.39, 0.29) is 18.0 Å². The molecule has 0 saturated heterocycles. The summed E-state index contributed by atoms with van der Waals surface area (Å²) in [5, 5.41) is 20.1. The van der Waals surface area contributed by atoms with Gasteiger partial charge in [-0.3, -0.25) is 4.79 Å². The zero-order valence-corrected chi connectivity index (χ0v) is 9.20. The van der Waals surface area contributed by atoms with E-state index in [2.05, 4.69) is 5.32 Å². The summed E-state index contributed by atoms with van der Waals surface area (Å²) in [6.45, 7) is 5.06. The second-order valence-corrected chi connectivity index (χ2v) is 3.45. The van der Waals surface area contributed by atoms with Crippen LogP contribution < -0.4 is 5.32 Å². The van der Waals surface area contributed by atoms with Gasteiger partial charge in [-0.1, -0.05) is 20.8 Å². The minimum atomic E-state index is -1.01. The van der Waals surface area contributed by atoms with Crippen LogP contribution in [0.1, 0.15) is 27.2 Å². The minimum Gasteiger partial charge on any atom is -0.480 e. The van der Waals surface area contributed by atoms with Crippen molar-refractivity contribution >= 4 is 11.9 Å². The molecule has 3 N–H and O–H groups in total. The van der Waals surface area contributed by atoms with Crippen LogP contribution in [-0.4, -0.2) is 28.7 Å². The second kappa shape index (κ2) is 6.06. The van der Waals surface area contributed by atoms with Crippen LogP contribution in [0.2, 0.25) is 0 Å². The van der Waals surface area contributed by atoms with Gasteiger partial charge in [0.25, 0.3) is 0 Å². The molecular weight excluding hydrogens is 198 g/mol. The topological polar surface area (TPSA) is 86.6 Å². The number of hydrogen-bond donors (Lipinski definition) is 3. The first-order valence-electron chi connectivity index (χ1n) is 4.82. The van der Waals surface area contributed by atoms with Crippen molar-refractivity contribution in [1.82, 2.24) is 5.32 Å². The van der Waals surface area contributed by atoms with E-state index in [9.17, 15) is 9.59 Å². The average molecular weight is 215 g/mol. The van der Waals surface area contributed by atoms with Crippen LogP contribution in [0, 0.1) is 5.92 Å². The molecule has 0 unspecified atom stereocenters. The fraction of sp³-hybridized carbons (Fsp3) is 0.600. The van der Waals surface area contributed by atoms with Gasteiger partial charge in [0.05, 0.1) is 5.57 Å². The van der Waals surface area contributed by atoms with Crippen molar-refractivity contribution in [3.05, 3.63) is 11.3 Å². The molecule has 0 radical (unpaired) electrons. The van der Waals surface area contributed by atoms with E-state index in [4.69, 9.17) is 10.2 Å². The lowest BCUT2D eigenvalue weighted by molar-refractivity contribution is -0.136. The van der Waals surface area contributed by atoms with Crippen LogP contribution in [0.5, 0.6) is 0 Å². The van der Waals surface area contributed by atoms with Gasteiger partial charge in [0.2, 0.25) is 0 Å². The van der Waals surface area contributed by atoms with E-state index in [1.165, 1.54) is 0 Å². The van der Waals surface area contributed by atoms with Crippen LogP contribution in [0.4, 0.5) is 0 Å². The summed E-state index contributed by atoms with van der Waals surface area (Å²) in [5.74, 6) is -2.15. The normalized spacial score (nSPS) is 12.3. The molecule has 0 fully saturated rings. The summed E-state index contributed by atoms with van der Waals surface area (Å²) in [7, 11) is 0. The molecule has 5 nitrogen and oxygen atoms in total. The largest absolute Gasteiger partial charge is 0.480 e. The van der Waals surface area contributed by atoms with Crippen LogP contribution in [0.25, 0.3) is 0 Å². The third-order valence-electron chi connectivity index (χ3n) is 1.94. The second-order valence-electron chi connectivity index (χ2n) is 3.45. The molecule has 0 spiro atoms. The molecule has 0 bridgehead atoms. The smallest absolute Gasteiger partial charge is 0.333 e. The van der Waals surface area contributed by atoms with E-state index < -0.39 is 11.9 Å². The highest BCUT2D eigenvalue weighted by Crippen LogP contribution is 2.15. The number of carboxylic acids is 2. The van der Waals surface area contributed by atoms with Crippen molar-refractivity contribution in [3.8, 4) is 0 Å². The molecule has 0 aromatic carbocycles. The molecule has 0 aromatic heterocycles. The molecule has 0 atom stereocenters. The molecule has 86 valence electrons. The van der Waals surface area contributed by atoms with Gasteiger partial charge in [-0.15, -0.1) is 0 Å². The highest BCUT2D eigenvalue weighted by atomic mass is 16.4. The maximum atomic E-state index is 10.9. The highest BCUT2D eigenvalue weighted by Gasteiger charge is 2.17. The molecule has 0 aromatic rings. The fourth-order valence-electron chi connectivity index (χ4n) is 1.32. The molecule has 0 aliphatic rings. The number of carbonyl (C=O) groups is 2. The maximum absolute atomic E-state index is 10.9. The van der Waals surface area contributed by atoms with Gasteiger partial charge in [0.15, 0.2) is 0 Å². The average Bonchev–Trinajstić information content (AvgIpc) is 2.09. The molecule has 0 heterocycles. The van der Waals surface area contributed by atoms with Gasteiger partial charge in [0, 0.05) is 5.70 Å². The number of carboxylic acid groups (broad SMARTS) is 2. The Balaban J connectivity index is 4.88. The van der Waals surface area contributed by atoms with Crippen molar-refractivity contribution in [2.45, 2.75) is 27.2 Å². The van der Waals surface area contributed by atoms with Crippen molar-refractivity contribution in [2.75, 3.05) is 6.54 Å². The number of allylic oxidation sites excluding steroid dienone is 1.